The van der Waals surface area contributed by atoms with Crippen LogP contribution in [-0.4, -0.2) is 77.0 Å². The van der Waals surface area contributed by atoms with Crippen molar-refractivity contribution in [3.05, 3.63) is 96.1 Å². The summed E-state index contributed by atoms with van der Waals surface area (Å²) in [5.41, 5.74) is 7.38. The van der Waals surface area contributed by atoms with Crippen LogP contribution in [0.2, 0.25) is 0 Å². The number of carbonyl (C=O) groups is 3. The highest BCUT2D eigenvalue weighted by atomic mass is 16.3. The van der Waals surface area contributed by atoms with E-state index >= 15 is 0 Å². The van der Waals surface area contributed by atoms with Crippen molar-refractivity contribution in [2.75, 3.05) is 20.6 Å². The van der Waals surface area contributed by atoms with Crippen molar-refractivity contribution in [3.8, 4) is 0 Å². The van der Waals surface area contributed by atoms with Gasteiger partial charge in [0.15, 0.2) is 0 Å². The van der Waals surface area contributed by atoms with Crippen molar-refractivity contribution < 1.29 is 19.5 Å². The predicted octanol–water partition coefficient (Wildman–Crippen LogP) is 3.46. The molecule has 0 unspecified atom stereocenters. The van der Waals surface area contributed by atoms with Crippen molar-refractivity contribution in [2.45, 2.75) is 63.8 Å². The zero-order valence-corrected chi connectivity index (χ0v) is 25.3. The molecule has 0 spiro atoms. The molecule has 8 nitrogen and oxygen atoms in total. The summed E-state index contributed by atoms with van der Waals surface area (Å²) in [5.74, 6) is -1.07. The monoisotopic (exact) mass is 572 g/mol. The minimum atomic E-state index is -0.873. The highest BCUT2D eigenvalue weighted by molar-refractivity contribution is 5.95. The maximum Gasteiger partial charge on any atom is 0.246 e. The van der Waals surface area contributed by atoms with Crippen LogP contribution in [0.15, 0.2) is 84.9 Å². The first-order valence-electron chi connectivity index (χ1n) is 14.3. The Hall–Kier alpha value is -4.01. The van der Waals surface area contributed by atoms with E-state index in [0.29, 0.717) is 6.42 Å². The number of hydrogen-bond acceptors (Lipinski definition) is 5. The van der Waals surface area contributed by atoms with Gasteiger partial charge in [0.1, 0.15) is 12.1 Å². The second-order valence-electron chi connectivity index (χ2n) is 11.7. The van der Waals surface area contributed by atoms with Crippen molar-refractivity contribution in [3.63, 3.8) is 0 Å². The van der Waals surface area contributed by atoms with Gasteiger partial charge in [-0.2, -0.15) is 0 Å². The minimum absolute atomic E-state index is 0.0628. The maximum absolute atomic E-state index is 14.2. The summed E-state index contributed by atoms with van der Waals surface area (Å²) in [5, 5.41) is 14.6. The third kappa shape index (κ3) is 9.53. The van der Waals surface area contributed by atoms with Gasteiger partial charge in [0.25, 0.3) is 0 Å². The fourth-order valence-electron chi connectivity index (χ4n) is 4.71. The second kappa shape index (κ2) is 14.8. The molecule has 3 atom stereocenters. The van der Waals surface area contributed by atoms with Crippen molar-refractivity contribution in [2.24, 2.45) is 5.73 Å². The van der Waals surface area contributed by atoms with E-state index in [0.717, 1.165) is 21.9 Å². The Kier molecular flexibility index (Phi) is 11.4. The van der Waals surface area contributed by atoms with Gasteiger partial charge in [-0.3, -0.25) is 14.4 Å². The van der Waals surface area contributed by atoms with E-state index in [2.05, 4.69) is 5.32 Å². The Balaban J connectivity index is 1.95. The minimum Gasteiger partial charge on any atom is -0.392 e. The van der Waals surface area contributed by atoms with E-state index < -0.39 is 23.7 Å². The molecule has 42 heavy (non-hydrogen) atoms. The number of aliphatic hydroxyl groups is 1. The highest BCUT2D eigenvalue weighted by Crippen LogP contribution is 2.20. The Labute approximate surface area is 249 Å². The van der Waals surface area contributed by atoms with E-state index in [1.54, 1.807) is 27.1 Å². The lowest BCUT2D eigenvalue weighted by molar-refractivity contribution is -0.146. The van der Waals surface area contributed by atoms with Gasteiger partial charge in [-0.05, 0) is 55.2 Å². The number of carbonyl (C=O) groups excluding carboxylic acids is 3. The summed E-state index contributed by atoms with van der Waals surface area (Å²) in [7, 11) is 3.20. The molecule has 0 aromatic heterocycles. The summed E-state index contributed by atoms with van der Waals surface area (Å²) in [4.78, 5) is 43.7. The highest BCUT2D eigenvalue weighted by Gasteiger charge is 2.35. The fraction of sp³-hybridized carbons (Fsp3) is 0.382. The van der Waals surface area contributed by atoms with Crippen molar-refractivity contribution in [1.82, 2.24) is 15.1 Å². The van der Waals surface area contributed by atoms with Gasteiger partial charge >= 0.3 is 0 Å². The molecule has 0 aliphatic rings. The molecule has 3 rings (SSSR count). The lowest BCUT2D eigenvalue weighted by Gasteiger charge is -2.34. The second-order valence-corrected chi connectivity index (χ2v) is 11.7. The van der Waals surface area contributed by atoms with Crippen LogP contribution in [0.4, 0.5) is 0 Å². The fourth-order valence-corrected chi connectivity index (χ4v) is 4.71. The molecule has 224 valence electrons. The Bertz CT molecular complexity index is 1380. The van der Waals surface area contributed by atoms with Crippen molar-refractivity contribution >= 4 is 28.5 Å². The average molecular weight is 573 g/mol. The molecule has 0 saturated carbocycles. The van der Waals surface area contributed by atoms with Crippen LogP contribution in [0, 0.1) is 0 Å². The molecule has 0 saturated heterocycles. The zero-order chi connectivity index (χ0) is 30.9. The largest absolute Gasteiger partial charge is 0.392 e. The number of fused-ring (bicyclic) bond motifs is 1. The molecule has 0 fully saturated rings. The number of benzene rings is 3. The summed E-state index contributed by atoms with van der Waals surface area (Å²) in [6.07, 6.45) is 3.48. The summed E-state index contributed by atoms with van der Waals surface area (Å²) >= 11 is 0. The average Bonchev–Trinajstić information content (AvgIpc) is 2.96. The molecule has 3 amide bonds. The van der Waals surface area contributed by atoms with Gasteiger partial charge in [0, 0.05) is 39.0 Å². The van der Waals surface area contributed by atoms with E-state index in [-0.39, 0.29) is 37.1 Å². The van der Waals surface area contributed by atoms with Gasteiger partial charge in [-0.1, -0.05) is 78.9 Å². The standard InChI is InChI=1S/C34H44N4O4/c1-24(39)23-36-32(41)29(21-25-12-7-6-8-13-25)38(5)33(42)30(37(4)31(40)16-11-19-34(2,3)35)22-26-17-18-27-14-9-10-15-28(27)20-26/h6-18,20,24,29-30,39H,19,21-23,35H2,1-5H3,(H,36,41)/b16-11+/t24-,29-,30-/m1/s1. The van der Waals surface area contributed by atoms with Gasteiger partial charge in [0.05, 0.1) is 6.10 Å². The molecular weight excluding hydrogens is 528 g/mol. The van der Waals surface area contributed by atoms with E-state index in [1.165, 1.54) is 15.9 Å². The van der Waals surface area contributed by atoms with Crippen LogP contribution < -0.4 is 11.1 Å². The van der Waals surface area contributed by atoms with Crippen LogP contribution in [0.25, 0.3) is 10.8 Å². The summed E-state index contributed by atoms with van der Waals surface area (Å²) in [6, 6.07) is 21.7. The lowest BCUT2D eigenvalue weighted by Crippen LogP contribution is -2.56. The van der Waals surface area contributed by atoms with Crippen LogP contribution in [0.1, 0.15) is 38.3 Å². The summed E-state index contributed by atoms with van der Waals surface area (Å²) < 4.78 is 0. The zero-order valence-electron chi connectivity index (χ0n) is 25.3. The number of hydrogen-bond donors (Lipinski definition) is 3. The molecule has 4 N–H and O–H groups in total. The maximum atomic E-state index is 14.2. The first kappa shape index (κ1) is 32.5. The Morgan fingerprint density at radius 2 is 1.50 bits per heavy atom. The molecular formula is C34H44N4O4. The predicted molar refractivity (Wildman–Crippen MR) is 168 cm³/mol. The number of aliphatic hydroxyl groups excluding tert-OH is 1. The first-order valence-corrected chi connectivity index (χ1v) is 14.3. The number of nitrogens with two attached hydrogens (primary N) is 1. The summed E-state index contributed by atoms with van der Waals surface area (Å²) in [6.45, 7) is 5.40. The van der Waals surface area contributed by atoms with E-state index in [4.69, 9.17) is 5.73 Å². The molecule has 0 radical (unpaired) electrons. The molecule has 8 heteroatoms. The van der Waals surface area contributed by atoms with Crippen LogP contribution in [-0.2, 0) is 27.2 Å². The molecule has 0 aliphatic carbocycles. The third-order valence-corrected chi connectivity index (χ3v) is 7.21. The van der Waals surface area contributed by atoms with Crippen LogP contribution in [0.3, 0.4) is 0 Å². The first-order chi connectivity index (χ1) is 19.9. The van der Waals surface area contributed by atoms with Gasteiger partial charge in [0.2, 0.25) is 17.7 Å². The number of nitrogens with one attached hydrogen (secondary N) is 1. The van der Waals surface area contributed by atoms with Gasteiger partial charge in [-0.25, -0.2) is 0 Å². The topological polar surface area (TPSA) is 116 Å². The Morgan fingerprint density at radius 3 is 2.14 bits per heavy atom. The van der Waals surface area contributed by atoms with Crippen LogP contribution >= 0.6 is 0 Å². The van der Waals surface area contributed by atoms with Crippen molar-refractivity contribution in [1.29, 1.82) is 0 Å². The van der Waals surface area contributed by atoms with E-state index in [9.17, 15) is 19.5 Å². The third-order valence-electron chi connectivity index (χ3n) is 7.21. The normalized spacial score (nSPS) is 13.9. The molecule has 3 aromatic carbocycles. The smallest absolute Gasteiger partial charge is 0.246 e. The number of nitrogens with zero attached hydrogens (tertiary/aromatic N) is 2. The quantitative estimate of drug-likeness (QED) is 0.271. The molecule has 0 aliphatic heterocycles. The Morgan fingerprint density at radius 1 is 0.881 bits per heavy atom. The molecule has 0 heterocycles. The van der Waals surface area contributed by atoms with Gasteiger partial charge < -0.3 is 26.0 Å². The molecule has 3 aromatic rings. The molecule has 0 bridgehead atoms. The lowest BCUT2D eigenvalue weighted by atomic mass is 9.98. The SMILES string of the molecule is C[C@@H](O)CNC(=O)[C@@H](Cc1ccccc1)N(C)C(=O)[C@@H](Cc1ccc2ccccc2c1)N(C)C(=O)/C=C/CC(C)(C)N. The van der Waals surface area contributed by atoms with E-state index in [1.807, 2.05) is 86.6 Å². The number of rotatable bonds is 13. The van der Waals surface area contributed by atoms with Gasteiger partial charge in [-0.15, -0.1) is 0 Å². The van der Waals surface area contributed by atoms with Crippen LogP contribution in [0.5, 0.6) is 0 Å². The number of likely N-dealkylation sites (N-methyl/N-ethyl adjacent to an activating group) is 2. The number of amides is 3.